The first-order valence-corrected chi connectivity index (χ1v) is 11.6. The third-order valence-electron chi connectivity index (χ3n) is 7.32. The maximum atomic E-state index is 12.8. The number of aliphatic carboxylic acids is 1. The van der Waals surface area contributed by atoms with E-state index in [4.69, 9.17) is 14.6 Å². The average Bonchev–Trinajstić information content (AvgIpc) is 3.43. The van der Waals surface area contributed by atoms with Crippen LogP contribution in [0.3, 0.4) is 0 Å². The molecule has 0 aromatic carbocycles. The zero-order chi connectivity index (χ0) is 22.5. The summed E-state index contributed by atoms with van der Waals surface area (Å²) in [5.74, 6) is -1.93. The lowest BCUT2D eigenvalue weighted by Gasteiger charge is -2.48. The number of carboxylic acid groups (broad SMARTS) is 1. The molecule has 6 nitrogen and oxygen atoms in total. The number of halogens is 3. The zero-order valence-electron chi connectivity index (χ0n) is 18.2. The third-order valence-corrected chi connectivity index (χ3v) is 7.32. The summed E-state index contributed by atoms with van der Waals surface area (Å²) in [5, 5.41) is 7.12. The van der Waals surface area contributed by atoms with Crippen LogP contribution in [0.25, 0.3) is 0 Å². The summed E-state index contributed by atoms with van der Waals surface area (Å²) < 4.78 is 37.5. The molecule has 31 heavy (non-hydrogen) atoms. The Kier molecular flexibility index (Phi) is 8.24. The van der Waals surface area contributed by atoms with Crippen molar-refractivity contribution in [3.8, 4) is 0 Å². The van der Waals surface area contributed by atoms with Crippen molar-refractivity contribution in [2.75, 3.05) is 39.3 Å². The number of amides is 1. The van der Waals surface area contributed by atoms with Gasteiger partial charge in [0.05, 0.1) is 6.10 Å². The van der Waals surface area contributed by atoms with Gasteiger partial charge in [-0.05, 0) is 69.9 Å². The zero-order valence-corrected chi connectivity index (χ0v) is 18.2. The molecule has 4 aliphatic rings. The summed E-state index contributed by atoms with van der Waals surface area (Å²) >= 11 is 0. The van der Waals surface area contributed by atoms with Crippen LogP contribution in [0.4, 0.5) is 13.2 Å². The maximum absolute atomic E-state index is 12.8. The van der Waals surface area contributed by atoms with Gasteiger partial charge in [0.1, 0.15) is 0 Å². The van der Waals surface area contributed by atoms with Gasteiger partial charge in [0.2, 0.25) is 5.91 Å². The summed E-state index contributed by atoms with van der Waals surface area (Å²) in [7, 11) is 0. The van der Waals surface area contributed by atoms with Crippen molar-refractivity contribution in [1.82, 2.24) is 9.80 Å². The number of likely N-dealkylation sites (tertiary alicyclic amines) is 2. The summed E-state index contributed by atoms with van der Waals surface area (Å²) in [5.41, 5.74) is 0.416. The van der Waals surface area contributed by atoms with Crippen LogP contribution in [-0.2, 0) is 14.3 Å². The minimum absolute atomic E-state index is 0.347. The predicted molar refractivity (Wildman–Crippen MR) is 109 cm³/mol. The van der Waals surface area contributed by atoms with Gasteiger partial charge in [-0.3, -0.25) is 4.79 Å². The molecule has 4 fully saturated rings. The van der Waals surface area contributed by atoms with E-state index in [9.17, 15) is 18.0 Å². The minimum atomic E-state index is -5.08. The van der Waals surface area contributed by atoms with Crippen LogP contribution in [0.5, 0.6) is 0 Å². The van der Waals surface area contributed by atoms with E-state index in [0.717, 1.165) is 39.1 Å². The highest BCUT2D eigenvalue weighted by Crippen LogP contribution is 2.41. The highest BCUT2D eigenvalue weighted by Gasteiger charge is 2.41. The molecule has 1 saturated carbocycles. The topological polar surface area (TPSA) is 70.1 Å². The van der Waals surface area contributed by atoms with E-state index >= 15 is 0 Å². The normalized spacial score (nSPS) is 27.2. The fourth-order valence-corrected chi connectivity index (χ4v) is 5.52. The molecule has 1 atom stereocenters. The van der Waals surface area contributed by atoms with Crippen molar-refractivity contribution < 1.29 is 32.6 Å². The van der Waals surface area contributed by atoms with Crippen molar-refractivity contribution in [1.29, 1.82) is 0 Å². The first-order chi connectivity index (χ1) is 14.7. The van der Waals surface area contributed by atoms with Crippen molar-refractivity contribution in [3.63, 3.8) is 0 Å². The molecule has 3 saturated heterocycles. The number of ether oxygens (including phenoxy) is 1. The second-order valence-electron chi connectivity index (χ2n) is 9.58. The fraction of sp³-hybridized carbons (Fsp3) is 0.909. The molecule has 0 aromatic heterocycles. The van der Waals surface area contributed by atoms with E-state index in [2.05, 4.69) is 9.80 Å². The quantitative estimate of drug-likeness (QED) is 0.713. The van der Waals surface area contributed by atoms with Crippen molar-refractivity contribution >= 4 is 11.9 Å². The van der Waals surface area contributed by atoms with Crippen LogP contribution in [-0.4, -0.2) is 78.4 Å². The number of carboxylic acids is 1. The second kappa shape index (κ2) is 10.5. The van der Waals surface area contributed by atoms with Gasteiger partial charge in [0.25, 0.3) is 0 Å². The van der Waals surface area contributed by atoms with Gasteiger partial charge < -0.3 is 19.6 Å². The number of carbonyl (C=O) groups excluding carboxylic acids is 1. The molecule has 1 amide bonds. The molecule has 1 unspecified atom stereocenters. The number of nitrogens with zero attached hydrogens (tertiary/aromatic N) is 2. The number of hydrogen-bond acceptors (Lipinski definition) is 4. The Bertz CT molecular complexity index is 608. The Morgan fingerprint density at radius 3 is 2.16 bits per heavy atom. The lowest BCUT2D eigenvalue weighted by Crippen LogP contribution is -2.52. The molecular formula is C22H35F3N2O4. The van der Waals surface area contributed by atoms with Crippen LogP contribution in [0.2, 0.25) is 0 Å². The SMILES string of the molecule is O=C(C1CCCC1)N1CCCC2(CCN(CC3CCCO3)CC2)C1.O=C(O)C(F)(F)F. The van der Waals surface area contributed by atoms with Crippen molar-refractivity contribution in [2.45, 2.75) is 76.5 Å². The van der Waals surface area contributed by atoms with E-state index in [1.165, 1.54) is 64.5 Å². The van der Waals surface area contributed by atoms with Crippen molar-refractivity contribution in [3.05, 3.63) is 0 Å². The van der Waals surface area contributed by atoms with Gasteiger partial charge in [-0.25, -0.2) is 4.79 Å². The molecular weight excluding hydrogens is 413 g/mol. The smallest absolute Gasteiger partial charge is 0.475 e. The van der Waals surface area contributed by atoms with Crippen LogP contribution >= 0.6 is 0 Å². The molecule has 3 heterocycles. The van der Waals surface area contributed by atoms with E-state index in [0.29, 0.717) is 23.3 Å². The number of rotatable bonds is 3. The van der Waals surface area contributed by atoms with Gasteiger partial charge in [0, 0.05) is 32.2 Å². The fourth-order valence-electron chi connectivity index (χ4n) is 5.52. The third kappa shape index (κ3) is 6.81. The summed E-state index contributed by atoms with van der Waals surface area (Å²) in [6, 6.07) is 0. The monoisotopic (exact) mass is 448 g/mol. The lowest BCUT2D eigenvalue weighted by atomic mass is 9.72. The van der Waals surface area contributed by atoms with Gasteiger partial charge >= 0.3 is 12.1 Å². The summed E-state index contributed by atoms with van der Waals surface area (Å²) in [4.78, 5) is 26.6. The molecule has 9 heteroatoms. The maximum Gasteiger partial charge on any atom is 0.490 e. The number of hydrogen-bond donors (Lipinski definition) is 1. The molecule has 0 aromatic rings. The van der Waals surface area contributed by atoms with E-state index in [-0.39, 0.29) is 0 Å². The number of carbonyl (C=O) groups is 2. The standard InChI is InChI=1S/C20H34N2O2.C2HF3O2/c23-19(17-5-1-2-6-17)22-11-4-8-20(16-22)9-12-21(13-10-20)15-18-7-3-14-24-18;3-2(4,5)1(6)7/h17-18H,1-16H2;(H,6,7). The minimum Gasteiger partial charge on any atom is -0.475 e. The first-order valence-electron chi connectivity index (χ1n) is 11.6. The van der Waals surface area contributed by atoms with Crippen LogP contribution in [0.1, 0.15) is 64.2 Å². The highest BCUT2D eigenvalue weighted by atomic mass is 19.4. The summed E-state index contributed by atoms with van der Waals surface area (Å²) in [6.07, 6.45) is 7.75. The van der Waals surface area contributed by atoms with E-state index < -0.39 is 12.1 Å². The van der Waals surface area contributed by atoms with Gasteiger partial charge in [-0.1, -0.05) is 12.8 Å². The highest BCUT2D eigenvalue weighted by molar-refractivity contribution is 5.79. The number of alkyl halides is 3. The van der Waals surface area contributed by atoms with Gasteiger partial charge in [-0.15, -0.1) is 0 Å². The lowest BCUT2D eigenvalue weighted by molar-refractivity contribution is -0.192. The van der Waals surface area contributed by atoms with Crippen molar-refractivity contribution in [2.24, 2.45) is 11.3 Å². The Morgan fingerprint density at radius 1 is 0.968 bits per heavy atom. The van der Waals surface area contributed by atoms with Crippen LogP contribution in [0.15, 0.2) is 0 Å². The van der Waals surface area contributed by atoms with Crippen LogP contribution in [0, 0.1) is 11.3 Å². The predicted octanol–water partition coefficient (Wildman–Crippen LogP) is 3.69. The first kappa shape index (κ1) is 24.3. The van der Waals surface area contributed by atoms with E-state index in [1.807, 2.05) is 0 Å². The molecule has 178 valence electrons. The Balaban J connectivity index is 0.000000339. The Labute approximate surface area is 182 Å². The molecule has 4 rings (SSSR count). The van der Waals surface area contributed by atoms with E-state index in [1.54, 1.807) is 0 Å². The molecule has 1 aliphatic carbocycles. The second-order valence-corrected chi connectivity index (χ2v) is 9.58. The Morgan fingerprint density at radius 2 is 1.61 bits per heavy atom. The number of piperidine rings is 2. The molecule has 1 spiro atoms. The molecule has 0 radical (unpaired) electrons. The van der Waals surface area contributed by atoms with Gasteiger partial charge in [0.15, 0.2) is 0 Å². The molecule has 0 bridgehead atoms. The van der Waals surface area contributed by atoms with Crippen LogP contribution < -0.4 is 0 Å². The van der Waals surface area contributed by atoms with Gasteiger partial charge in [-0.2, -0.15) is 13.2 Å². The molecule has 3 aliphatic heterocycles. The Hall–Kier alpha value is -1.35. The average molecular weight is 449 g/mol. The summed E-state index contributed by atoms with van der Waals surface area (Å²) in [6.45, 7) is 6.53. The largest absolute Gasteiger partial charge is 0.490 e. The molecule has 1 N–H and O–H groups in total.